The van der Waals surface area contributed by atoms with Crippen molar-refractivity contribution in [1.82, 2.24) is 19.6 Å². The summed E-state index contributed by atoms with van der Waals surface area (Å²) < 4.78 is 33.0. The van der Waals surface area contributed by atoms with Gasteiger partial charge in [0.05, 0.1) is 6.20 Å². The molecule has 5 nitrogen and oxygen atoms in total. The van der Waals surface area contributed by atoms with Crippen molar-refractivity contribution < 1.29 is 13.5 Å². The van der Waals surface area contributed by atoms with Gasteiger partial charge in [-0.25, -0.2) is 4.68 Å². The largest absolute Gasteiger partial charge is 0.434 e. The molecule has 1 aromatic carbocycles. The summed E-state index contributed by atoms with van der Waals surface area (Å²) in [5.41, 5.74) is 1.57. The molecule has 114 valence electrons. The summed E-state index contributed by atoms with van der Waals surface area (Å²) in [7, 11) is 1.74. The van der Waals surface area contributed by atoms with Gasteiger partial charge in [0, 0.05) is 29.9 Å². The fraction of sp³-hybridized carbons (Fsp3) is 0.143. The van der Waals surface area contributed by atoms with Crippen LogP contribution >= 0.6 is 12.6 Å². The Bertz CT molecular complexity index is 786. The molecule has 0 saturated carbocycles. The predicted molar refractivity (Wildman–Crippen MR) is 79.7 cm³/mol. The summed E-state index contributed by atoms with van der Waals surface area (Å²) in [5, 5.41) is 8.50. The molecular weight excluding hydrogens is 310 g/mol. The Labute approximate surface area is 130 Å². The highest BCUT2D eigenvalue weighted by atomic mass is 32.1. The minimum atomic E-state index is -2.92. The Morgan fingerprint density at radius 3 is 2.82 bits per heavy atom. The van der Waals surface area contributed by atoms with E-state index in [9.17, 15) is 8.78 Å². The van der Waals surface area contributed by atoms with Crippen molar-refractivity contribution in [2.24, 2.45) is 7.05 Å². The van der Waals surface area contributed by atoms with E-state index < -0.39 is 6.61 Å². The average Bonchev–Trinajstić information content (AvgIpc) is 3.09. The molecule has 2 aromatic heterocycles. The first kappa shape index (κ1) is 14.6. The second-order valence-electron chi connectivity index (χ2n) is 4.55. The third-order valence-corrected chi connectivity index (χ3v) is 3.27. The first-order valence-corrected chi connectivity index (χ1v) is 6.81. The van der Waals surface area contributed by atoms with Crippen molar-refractivity contribution in [2.75, 3.05) is 0 Å². The topological polar surface area (TPSA) is 44.9 Å². The number of ether oxygens (including phenoxy) is 1. The highest BCUT2D eigenvalue weighted by Gasteiger charge is 2.19. The SMILES string of the molecule is Cn1cc(-n2cccn2)c(-c2cc(S)ccc2OC(F)F)n1. The standard InChI is InChI=1S/C14H12F2N4OS/c1-19-8-11(20-6-2-5-17-20)13(18-19)10-7-9(22)3-4-12(10)21-14(15)16/h2-8,14,22H,1H3. The van der Waals surface area contributed by atoms with Crippen LogP contribution in [0.2, 0.25) is 0 Å². The maximum atomic E-state index is 12.6. The molecule has 0 spiro atoms. The van der Waals surface area contributed by atoms with Gasteiger partial charge in [-0.05, 0) is 24.3 Å². The quantitative estimate of drug-likeness (QED) is 0.751. The van der Waals surface area contributed by atoms with Crippen LogP contribution in [0.15, 0.2) is 47.8 Å². The van der Waals surface area contributed by atoms with Crippen molar-refractivity contribution >= 4 is 12.6 Å². The molecule has 3 rings (SSSR count). The molecule has 3 aromatic rings. The Balaban J connectivity index is 2.17. The van der Waals surface area contributed by atoms with E-state index in [2.05, 4.69) is 27.6 Å². The van der Waals surface area contributed by atoms with Crippen LogP contribution in [0, 0.1) is 0 Å². The number of aromatic nitrogens is 4. The van der Waals surface area contributed by atoms with Crippen LogP contribution in [-0.2, 0) is 7.05 Å². The molecule has 8 heteroatoms. The van der Waals surface area contributed by atoms with E-state index >= 15 is 0 Å². The van der Waals surface area contributed by atoms with Gasteiger partial charge in [0.2, 0.25) is 0 Å². The van der Waals surface area contributed by atoms with E-state index in [1.807, 2.05) is 0 Å². The number of thiol groups is 1. The molecule has 0 bridgehead atoms. The molecule has 0 aliphatic carbocycles. The van der Waals surface area contributed by atoms with Crippen LogP contribution in [0.4, 0.5) is 8.78 Å². The summed E-state index contributed by atoms with van der Waals surface area (Å²) in [4.78, 5) is 0.619. The zero-order chi connectivity index (χ0) is 15.7. The van der Waals surface area contributed by atoms with Gasteiger partial charge < -0.3 is 4.74 Å². The van der Waals surface area contributed by atoms with Crippen molar-refractivity contribution in [3.8, 4) is 22.7 Å². The van der Waals surface area contributed by atoms with Gasteiger partial charge >= 0.3 is 6.61 Å². The number of alkyl halides is 2. The Kier molecular flexibility index (Phi) is 3.84. The monoisotopic (exact) mass is 322 g/mol. The molecule has 0 aliphatic rings. The summed E-state index contributed by atoms with van der Waals surface area (Å²) in [6.45, 7) is -2.92. The van der Waals surface area contributed by atoms with Crippen LogP contribution in [0.3, 0.4) is 0 Å². The van der Waals surface area contributed by atoms with E-state index in [4.69, 9.17) is 0 Å². The summed E-state index contributed by atoms with van der Waals surface area (Å²) in [6.07, 6.45) is 5.13. The summed E-state index contributed by atoms with van der Waals surface area (Å²) >= 11 is 4.26. The lowest BCUT2D eigenvalue weighted by Gasteiger charge is -2.11. The first-order chi connectivity index (χ1) is 10.5. The van der Waals surface area contributed by atoms with Gasteiger partial charge in [0.15, 0.2) is 0 Å². The molecule has 0 saturated heterocycles. The lowest BCUT2D eigenvalue weighted by molar-refractivity contribution is -0.0494. The number of hydrogen-bond donors (Lipinski definition) is 1. The Morgan fingerprint density at radius 1 is 1.32 bits per heavy atom. The molecule has 0 N–H and O–H groups in total. The lowest BCUT2D eigenvalue weighted by atomic mass is 10.1. The smallest absolute Gasteiger partial charge is 0.387 e. The number of benzene rings is 1. The Morgan fingerprint density at radius 2 is 2.14 bits per heavy atom. The first-order valence-electron chi connectivity index (χ1n) is 6.36. The van der Waals surface area contributed by atoms with Crippen LogP contribution in [-0.4, -0.2) is 26.2 Å². The fourth-order valence-electron chi connectivity index (χ4n) is 2.15. The van der Waals surface area contributed by atoms with Crippen molar-refractivity contribution in [1.29, 1.82) is 0 Å². The van der Waals surface area contributed by atoms with Gasteiger partial charge in [0.25, 0.3) is 0 Å². The normalized spacial score (nSPS) is 11.1. The molecule has 0 radical (unpaired) electrons. The minimum Gasteiger partial charge on any atom is -0.434 e. The van der Waals surface area contributed by atoms with Gasteiger partial charge in [-0.1, -0.05) is 0 Å². The fourth-order valence-corrected chi connectivity index (χ4v) is 2.35. The van der Waals surface area contributed by atoms with Crippen LogP contribution < -0.4 is 4.74 Å². The number of nitrogens with zero attached hydrogens (tertiary/aromatic N) is 4. The molecule has 22 heavy (non-hydrogen) atoms. The van der Waals surface area contributed by atoms with Gasteiger partial charge in [-0.2, -0.15) is 19.0 Å². The van der Waals surface area contributed by atoms with Crippen molar-refractivity contribution in [3.05, 3.63) is 42.9 Å². The predicted octanol–water partition coefficient (Wildman–Crippen LogP) is 3.16. The van der Waals surface area contributed by atoms with Crippen LogP contribution in [0.1, 0.15) is 0 Å². The van der Waals surface area contributed by atoms with Crippen LogP contribution in [0.5, 0.6) is 5.75 Å². The zero-order valence-electron chi connectivity index (χ0n) is 11.5. The van der Waals surface area contributed by atoms with Crippen molar-refractivity contribution in [2.45, 2.75) is 11.5 Å². The van der Waals surface area contributed by atoms with Gasteiger partial charge in [-0.3, -0.25) is 4.68 Å². The van der Waals surface area contributed by atoms with E-state index in [1.54, 1.807) is 53.2 Å². The van der Waals surface area contributed by atoms with Crippen molar-refractivity contribution in [3.63, 3.8) is 0 Å². The Hall–Kier alpha value is -2.35. The highest BCUT2D eigenvalue weighted by molar-refractivity contribution is 7.80. The van der Waals surface area contributed by atoms with E-state index in [0.29, 0.717) is 21.8 Å². The minimum absolute atomic E-state index is 0.0416. The summed E-state index contributed by atoms with van der Waals surface area (Å²) in [6, 6.07) is 6.44. The molecular formula is C14H12F2N4OS. The molecule has 0 fully saturated rings. The molecule has 0 amide bonds. The molecule has 0 unspecified atom stereocenters. The maximum absolute atomic E-state index is 12.6. The summed E-state index contributed by atoms with van der Waals surface area (Å²) in [5.74, 6) is 0.0416. The number of hydrogen-bond acceptors (Lipinski definition) is 4. The molecule has 2 heterocycles. The molecule has 0 atom stereocenters. The zero-order valence-corrected chi connectivity index (χ0v) is 12.4. The van der Waals surface area contributed by atoms with E-state index in [-0.39, 0.29) is 5.75 Å². The average molecular weight is 322 g/mol. The number of halogens is 2. The van der Waals surface area contributed by atoms with Crippen LogP contribution in [0.25, 0.3) is 16.9 Å². The van der Waals surface area contributed by atoms with Gasteiger partial charge in [-0.15, -0.1) is 12.6 Å². The van der Waals surface area contributed by atoms with E-state index in [1.165, 1.54) is 6.07 Å². The third kappa shape index (κ3) is 2.82. The second kappa shape index (κ2) is 5.80. The number of aryl methyl sites for hydroxylation is 1. The third-order valence-electron chi connectivity index (χ3n) is 3.00. The maximum Gasteiger partial charge on any atom is 0.387 e. The van der Waals surface area contributed by atoms with E-state index in [0.717, 1.165) is 0 Å². The lowest BCUT2D eigenvalue weighted by Crippen LogP contribution is -2.04. The highest BCUT2D eigenvalue weighted by Crippen LogP contribution is 2.35. The number of rotatable bonds is 4. The molecule has 0 aliphatic heterocycles. The van der Waals surface area contributed by atoms with Gasteiger partial charge in [0.1, 0.15) is 17.1 Å². The second-order valence-corrected chi connectivity index (χ2v) is 5.06.